The van der Waals surface area contributed by atoms with Crippen molar-refractivity contribution in [2.24, 2.45) is 0 Å². The average Bonchev–Trinajstić information content (AvgIpc) is 2.38. The second-order valence-corrected chi connectivity index (χ2v) is 3.89. The van der Waals surface area contributed by atoms with Crippen molar-refractivity contribution in [2.75, 3.05) is 13.1 Å². The standard InChI is InChI=1S/C13H17N3O2/c1-10(2)12(17)15-7-4-8-16-13(18)11-5-3-6-14-9-11/h3,5-6,9H,1,4,7-8H2,2H3,(H,15,17)(H,16,18). The van der Waals surface area contributed by atoms with E-state index in [0.29, 0.717) is 30.6 Å². The molecular weight excluding hydrogens is 230 g/mol. The van der Waals surface area contributed by atoms with Gasteiger partial charge in [-0.05, 0) is 25.5 Å². The molecule has 0 aliphatic carbocycles. The molecule has 0 saturated heterocycles. The Hall–Kier alpha value is -2.17. The van der Waals surface area contributed by atoms with E-state index in [9.17, 15) is 9.59 Å². The van der Waals surface area contributed by atoms with Crippen molar-refractivity contribution in [3.63, 3.8) is 0 Å². The van der Waals surface area contributed by atoms with E-state index in [2.05, 4.69) is 22.2 Å². The number of carbonyl (C=O) groups is 2. The van der Waals surface area contributed by atoms with Crippen molar-refractivity contribution in [3.05, 3.63) is 42.2 Å². The van der Waals surface area contributed by atoms with Gasteiger partial charge in [0.2, 0.25) is 5.91 Å². The third kappa shape index (κ3) is 4.78. The highest BCUT2D eigenvalue weighted by Crippen LogP contribution is 1.94. The largest absolute Gasteiger partial charge is 0.352 e. The van der Waals surface area contributed by atoms with E-state index in [1.165, 1.54) is 6.20 Å². The number of pyridine rings is 1. The molecule has 0 bridgehead atoms. The summed E-state index contributed by atoms with van der Waals surface area (Å²) in [5.41, 5.74) is 1.01. The molecule has 0 aromatic carbocycles. The molecule has 18 heavy (non-hydrogen) atoms. The van der Waals surface area contributed by atoms with Crippen molar-refractivity contribution >= 4 is 11.8 Å². The van der Waals surface area contributed by atoms with E-state index in [1.807, 2.05) is 0 Å². The van der Waals surface area contributed by atoms with Crippen LogP contribution in [0.5, 0.6) is 0 Å². The first-order chi connectivity index (χ1) is 8.61. The maximum absolute atomic E-state index is 11.6. The van der Waals surface area contributed by atoms with Crippen LogP contribution in [0.2, 0.25) is 0 Å². The lowest BCUT2D eigenvalue weighted by atomic mass is 10.2. The van der Waals surface area contributed by atoms with Gasteiger partial charge in [-0.2, -0.15) is 0 Å². The number of nitrogens with zero attached hydrogens (tertiary/aromatic N) is 1. The first-order valence-corrected chi connectivity index (χ1v) is 5.73. The predicted octanol–water partition coefficient (Wildman–Crippen LogP) is 0.894. The zero-order valence-corrected chi connectivity index (χ0v) is 10.4. The summed E-state index contributed by atoms with van der Waals surface area (Å²) in [6, 6.07) is 3.41. The Kier molecular flexibility index (Phi) is 5.57. The highest BCUT2D eigenvalue weighted by molar-refractivity contribution is 5.93. The van der Waals surface area contributed by atoms with Gasteiger partial charge >= 0.3 is 0 Å². The molecule has 96 valence electrons. The van der Waals surface area contributed by atoms with Crippen LogP contribution in [0, 0.1) is 0 Å². The average molecular weight is 247 g/mol. The van der Waals surface area contributed by atoms with Crippen LogP contribution in [-0.2, 0) is 4.79 Å². The quantitative estimate of drug-likeness (QED) is 0.579. The first-order valence-electron chi connectivity index (χ1n) is 5.73. The van der Waals surface area contributed by atoms with Crippen molar-refractivity contribution in [1.82, 2.24) is 15.6 Å². The number of amides is 2. The Morgan fingerprint density at radius 2 is 2.06 bits per heavy atom. The highest BCUT2D eigenvalue weighted by atomic mass is 16.2. The lowest BCUT2D eigenvalue weighted by Gasteiger charge is -2.06. The zero-order chi connectivity index (χ0) is 13.4. The molecule has 0 atom stereocenters. The fourth-order valence-corrected chi connectivity index (χ4v) is 1.24. The Labute approximate surface area is 106 Å². The van der Waals surface area contributed by atoms with Crippen LogP contribution in [0.25, 0.3) is 0 Å². The molecule has 5 nitrogen and oxygen atoms in total. The molecule has 0 aliphatic heterocycles. The van der Waals surface area contributed by atoms with Crippen molar-refractivity contribution < 1.29 is 9.59 Å². The fraction of sp³-hybridized carbons (Fsp3) is 0.308. The van der Waals surface area contributed by atoms with E-state index < -0.39 is 0 Å². The molecule has 2 amide bonds. The summed E-state index contributed by atoms with van der Waals surface area (Å²) in [6.45, 7) is 6.20. The SMILES string of the molecule is C=C(C)C(=O)NCCCNC(=O)c1cccnc1. The Balaban J connectivity index is 2.17. The van der Waals surface area contributed by atoms with Gasteiger partial charge in [-0.25, -0.2) is 0 Å². The number of rotatable bonds is 6. The molecule has 1 heterocycles. The Morgan fingerprint density at radius 1 is 1.33 bits per heavy atom. The number of carbonyl (C=O) groups excluding carboxylic acids is 2. The summed E-state index contributed by atoms with van der Waals surface area (Å²) < 4.78 is 0. The van der Waals surface area contributed by atoms with Gasteiger partial charge in [0.1, 0.15) is 0 Å². The van der Waals surface area contributed by atoms with Crippen molar-refractivity contribution in [3.8, 4) is 0 Å². The van der Waals surface area contributed by atoms with E-state index >= 15 is 0 Å². The number of aromatic nitrogens is 1. The molecule has 1 rings (SSSR count). The first kappa shape index (κ1) is 13.9. The molecule has 2 N–H and O–H groups in total. The van der Waals surface area contributed by atoms with E-state index in [-0.39, 0.29) is 11.8 Å². The molecule has 1 aromatic heterocycles. The Morgan fingerprint density at radius 3 is 2.67 bits per heavy atom. The lowest BCUT2D eigenvalue weighted by Crippen LogP contribution is -2.30. The second-order valence-electron chi connectivity index (χ2n) is 3.89. The van der Waals surface area contributed by atoms with Gasteiger partial charge in [0.15, 0.2) is 0 Å². The fourth-order valence-electron chi connectivity index (χ4n) is 1.24. The van der Waals surface area contributed by atoms with Gasteiger partial charge in [-0.15, -0.1) is 0 Å². The molecule has 5 heteroatoms. The van der Waals surface area contributed by atoms with Crippen molar-refractivity contribution in [2.45, 2.75) is 13.3 Å². The normalized spacial score (nSPS) is 9.61. The van der Waals surface area contributed by atoms with E-state index in [0.717, 1.165) is 0 Å². The monoisotopic (exact) mass is 247 g/mol. The Bertz CT molecular complexity index is 429. The maximum Gasteiger partial charge on any atom is 0.252 e. The van der Waals surface area contributed by atoms with Crippen LogP contribution in [0.3, 0.4) is 0 Å². The number of nitrogens with one attached hydrogen (secondary N) is 2. The number of hydrogen-bond donors (Lipinski definition) is 2. The second kappa shape index (κ2) is 7.21. The van der Waals surface area contributed by atoms with E-state index in [1.54, 1.807) is 25.3 Å². The minimum Gasteiger partial charge on any atom is -0.352 e. The molecule has 0 fully saturated rings. The topological polar surface area (TPSA) is 71.1 Å². The third-order valence-electron chi connectivity index (χ3n) is 2.24. The van der Waals surface area contributed by atoms with Gasteiger partial charge in [0, 0.05) is 31.1 Å². The van der Waals surface area contributed by atoms with Crippen molar-refractivity contribution in [1.29, 1.82) is 0 Å². The van der Waals surface area contributed by atoms with Gasteiger partial charge in [0.05, 0.1) is 5.56 Å². The summed E-state index contributed by atoms with van der Waals surface area (Å²) in [7, 11) is 0. The molecular formula is C13H17N3O2. The molecule has 0 aliphatic rings. The van der Waals surface area contributed by atoms with Crippen LogP contribution in [-0.4, -0.2) is 29.9 Å². The summed E-state index contributed by atoms with van der Waals surface area (Å²) >= 11 is 0. The van der Waals surface area contributed by atoms with Crippen LogP contribution in [0.1, 0.15) is 23.7 Å². The molecule has 0 radical (unpaired) electrons. The smallest absolute Gasteiger partial charge is 0.252 e. The zero-order valence-electron chi connectivity index (χ0n) is 10.4. The van der Waals surface area contributed by atoms with Gasteiger partial charge in [0.25, 0.3) is 5.91 Å². The van der Waals surface area contributed by atoms with Gasteiger partial charge < -0.3 is 10.6 Å². The van der Waals surface area contributed by atoms with Gasteiger partial charge in [-0.3, -0.25) is 14.6 Å². The summed E-state index contributed by atoms with van der Waals surface area (Å²) in [6.07, 6.45) is 3.80. The highest BCUT2D eigenvalue weighted by Gasteiger charge is 2.04. The third-order valence-corrected chi connectivity index (χ3v) is 2.24. The van der Waals surface area contributed by atoms with Crippen LogP contribution in [0.15, 0.2) is 36.7 Å². The van der Waals surface area contributed by atoms with Crippen LogP contribution < -0.4 is 10.6 Å². The number of hydrogen-bond acceptors (Lipinski definition) is 3. The molecule has 0 saturated carbocycles. The van der Waals surface area contributed by atoms with Gasteiger partial charge in [-0.1, -0.05) is 6.58 Å². The molecule has 0 unspecified atom stereocenters. The molecule has 0 spiro atoms. The summed E-state index contributed by atoms with van der Waals surface area (Å²) in [5, 5.41) is 5.44. The molecule has 1 aromatic rings. The minimum atomic E-state index is -0.159. The van der Waals surface area contributed by atoms with E-state index in [4.69, 9.17) is 0 Å². The maximum atomic E-state index is 11.6. The summed E-state index contributed by atoms with van der Waals surface area (Å²) in [5.74, 6) is -0.317. The van der Waals surface area contributed by atoms with Crippen LogP contribution >= 0.6 is 0 Å². The lowest BCUT2D eigenvalue weighted by molar-refractivity contribution is -0.117. The predicted molar refractivity (Wildman–Crippen MR) is 69.0 cm³/mol. The summed E-state index contributed by atoms with van der Waals surface area (Å²) in [4.78, 5) is 26.6. The minimum absolute atomic E-state index is 0.158. The van der Waals surface area contributed by atoms with Crippen LogP contribution in [0.4, 0.5) is 0 Å².